The van der Waals surface area contributed by atoms with E-state index in [4.69, 9.17) is 14.5 Å². The largest absolute Gasteiger partial charge is 0.478 e. The molecular formula is C19H26N4O3. The van der Waals surface area contributed by atoms with Gasteiger partial charge in [0.05, 0.1) is 18.1 Å². The number of nitrogens with zero attached hydrogens (tertiary/aromatic N) is 3. The summed E-state index contributed by atoms with van der Waals surface area (Å²) in [7, 11) is 1.61. The molecule has 0 radical (unpaired) electrons. The number of hydrogen-bond acceptors (Lipinski definition) is 6. The molecule has 0 unspecified atom stereocenters. The molecule has 0 atom stereocenters. The molecule has 3 rings (SSSR count). The third kappa shape index (κ3) is 4.33. The fourth-order valence-corrected chi connectivity index (χ4v) is 3.03. The lowest BCUT2D eigenvalue weighted by Crippen LogP contribution is -2.46. The molecule has 1 N–H and O–H groups in total. The SMILES string of the molecule is COc1nc2ccccc2nc1N1CCC(NC(=O)OC(C)(C)C)CC1. The lowest BCUT2D eigenvalue weighted by Gasteiger charge is -2.33. The molecule has 7 heteroatoms. The van der Waals surface area contributed by atoms with Gasteiger partial charge in [0.1, 0.15) is 5.60 Å². The van der Waals surface area contributed by atoms with Gasteiger partial charge in [-0.2, -0.15) is 0 Å². The summed E-state index contributed by atoms with van der Waals surface area (Å²) in [5, 5.41) is 2.95. The van der Waals surface area contributed by atoms with E-state index >= 15 is 0 Å². The lowest BCUT2D eigenvalue weighted by molar-refractivity contribution is 0.0497. The standard InChI is InChI=1S/C19H26N4O3/c1-19(2,3)26-18(24)20-13-9-11-23(12-10-13)16-17(25-4)22-15-8-6-5-7-14(15)21-16/h5-8,13H,9-12H2,1-4H3,(H,20,24). The smallest absolute Gasteiger partial charge is 0.407 e. The Bertz CT molecular complexity index is 780. The van der Waals surface area contributed by atoms with Gasteiger partial charge in [-0.3, -0.25) is 0 Å². The Morgan fingerprint density at radius 1 is 1.15 bits per heavy atom. The Morgan fingerprint density at radius 3 is 2.35 bits per heavy atom. The first-order chi connectivity index (χ1) is 12.4. The number of para-hydroxylation sites is 2. The van der Waals surface area contributed by atoms with E-state index in [1.807, 2.05) is 45.0 Å². The molecule has 140 valence electrons. The van der Waals surface area contributed by atoms with Crippen LogP contribution < -0.4 is 15.0 Å². The van der Waals surface area contributed by atoms with Gasteiger partial charge in [0, 0.05) is 19.1 Å². The van der Waals surface area contributed by atoms with E-state index in [1.165, 1.54) is 0 Å². The predicted octanol–water partition coefficient (Wildman–Crippen LogP) is 3.13. The Hall–Kier alpha value is -2.57. The molecule has 0 saturated carbocycles. The number of aromatic nitrogens is 2. The predicted molar refractivity (Wildman–Crippen MR) is 101 cm³/mol. The monoisotopic (exact) mass is 358 g/mol. The van der Waals surface area contributed by atoms with Crippen molar-refractivity contribution in [2.75, 3.05) is 25.1 Å². The highest BCUT2D eigenvalue weighted by atomic mass is 16.6. The maximum atomic E-state index is 11.9. The van der Waals surface area contributed by atoms with Crippen molar-refractivity contribution in [1.82, 2.24) is 15.3 Å². The summed E-state index contributed by atoms with van der Waals surface area (Å²) in [5.74, 6) is 1.28. The zero-order valence-corrected chi connectivity index (χ0v) is 15.8. The quantitative estimate of drug-likeness (QED) is 0.908. The number of rotatable bonds is 3. The molecule has 0 bridgehead atoms. The first-order valence-corrected chi connectivity index (χ1v) is 8.91. The van der Waals surface area contributed by atoms with Crippen molar-refractivity contribution in [3.63, 3.8) is 0 Å². The topological polar surface area (TPSA) is 76.6 Å². The summed E-state index contributed by atoms with van der Waals surface area (Å²) in [6.07, 6.45) is 1.27. The molecule has 0 spiro atoms. The van der Waals surface area contributed by atoms with E-state index in [0.29, 0.717) is 5.88 Å². The van der Waals surface area contributed by atoms with E-state index in [9.17, 15) is 4.79 Å². The van der Waals surface area contributed by atoms with E-state index in [-0.39, 0.29) is 12.1 Å². The van der Waals surface area contributed by atoms with Crippen molar-refractivity contribution >= 4 is 22.9 Å². The van der Waals surface area contributed by atoms with Crippen molar-refractivity contribution < 1.29 is 14.3 Å². The number of piperidine rings is 1. The molecule has 0 aliphatic carbocycles. The summed E-state index contributed by atoms with van der Waals surface area (Å²) in [5.41, 5.74) is 1.17. The molecular weight excluding hydrogens is 332 g/mol. The average Bonchev–Trinajstić information content (AvgIpc) is 2.59. The fourth-order valence-electron chi connectivity index (χ4n) is 3.03. The molecule has 1 amide bonds. The second-order valence-electron chi connectivity index (χ2n) is 7.45. The highest BCUT2D eigenvalue weighted by Crippen LogP contribution is 2.29. The van der Waals surface area contributed by atoms with Crippen LogP contribution in [0.4, 0.5) is 10.6 Å². The van der Waals surface area contributed by atoms with Crippen molar-refractivity contribution in [2.45, 2.75) is 45.3 Å². The number of hydrogen-bond donors (Lipinski definition) is 1. The first kappa shape index (κ1) is 18.2. The number of carbonyl (C=O) groups excluding carboxylic acids is 1. The summed E-state index contributed by atoms with van der Waals surface area (Å²) in [4.78, 5) is 23.4. The van der Waals surface area contributed by atoms with Gasteiger partial charge in [0.2, 0.25) is 0 Å². The number of fused-ring (bicyclic) bond motifs is 1. The van der Waals surface area contributed by atoms with Crippen LogP contribution in [0.3, 0.4) is 0 Å². The zero-order valence-electron chi connectivity index (χ0n) is 15.8. The van der Waals surface area contributed by atoms with Crippen molar-refractivity contribution in [3.8, 4) is 5.88 Å². The van der Waals surface area contributed by atoms with Crippen LogP contribution in [-0.2, 0) is 4.74 Å². The lowest BCUT2D eigenvalue weighted by atomic mass is 10.1. The first-order valence-electron chi connectivity index (χ1n) is 8.91. The van der Waals surface area contributed by atoms with Crippen LogP contribution in [0.1, 0.15) is 33.6 Å². The number of benzene rings is 1. The number of nitrogens with one attached hydrogen (secondary N) is 1. The molecule has 1 fully saturated rings. The molecule has 1 saturated heterocycles. The molecule has 7 nitrogen and oxygen atoms in total. The van der Waals surface area contributed by atoms with E-state index < -0.39 is 5.60 Å². The van der Waals surface area contributed by atoms with Gasteiger partial charge in [-0.1, -0.05) is 12.1 Å². The summed E-state index contributed by atoms with van der Waals surface area (Å²) >= 11 is 0. The summed E-state index contributed by atoms with van der Waals surface area (Å²) < 4.78 is 10.8. The van der Waals surface area contributed by atoms with Crippen LogP contribution in [0.15, 0.2) is 24.3 Å². The van der Waals surface area contributed by atoms with Gasteiger partial charge in [0.25, 0.3) is 5.88 Å². The second kappa shape index (κ2) is 7.35. The Kier molecular flexibility index (Phi) is 5.15. The van der Waals surface area contributed by atoms with Crippen LogP contribution in [0.5, 0.6) is 5.88 Å². The van der Waals surface area contributed by atoms with Crippen LogP contribution >= 0.6 is 0 Å². The average molecular weight is 358 g/mol. The molecule has 2 aromatic rings. The summed E-state index contributed by atoms with van der Waals surface area (Å²) in [6.45, 7) is 7.12. The third-order valence-corrected chi connectivity index (χ3v) is 4.23. The van der Waals surface area contributed by atoms with Gasteiger partial charge < -0.3 is 19.7 Å². The minimum Gasteiger partial charge on any atom is -0.478 e. The van der Waals surface area contributed by atoms with Crippen LogP contribution in [0.25, 0.3) is 11.0 Å². The Morgan fingerprint density at radius 2 is 1.77 bits per heavy atom. The van der Waals surface area contributed by atoms with Gasteiger partial charge in [-0.15, -0.1) is 0 Å². The third-order valence-electron chi connectivity index (χ3n) is 4.23. The number of amides is 1. The highest BCUT2D eigenvalue weighted by Gasteiger charge is 2.26. The fraction of sp³-hybridized carbons (Fsp3) is 0.526. The normalized spacial score (nSPS) is 15.8. The van der Waals surface area contributed by atoms with E-state index in [1.54, 1.807) is 7.11 Å². The van der Waals surface area contributed by atoms with Crippen LogP contribution in [-0.4, -0.2) is 47.9 Å². The summed E-state index contributed by atoms with van der Waals surface area (Å²) in [6, 6.07) is 7.85. The molecule has 1 aromatic heterocycles. The Labute approximate surface area is 153 Å². The van der Waals surface area contributed by atoms with E-state index in [2.05, 4.69) is 15.2 Å². The molecule has 26 heavy (non-hydrogen) atoms. The molecule has 1 aliphatic heterocycles. The van der Waals surface area contributed by atoms with Crippen LogP contribution in [0, 0.1) is 0 Å². The minimum absolute atomic E-state index is 0.0977. The molecule has 1 aliphatic rings. The molecule has 2 heterocycles. The maximum Gasteiger partial charge on any atom is 0.407 e. The van der Waals surface area contributed by atoms with Gasteiger partial charge in [-0.05, 0) is 45.7 Å². The van der Waals surface area contributed by atoms with Gasteiger partial charge in [0.15, 0.2) is 5.82 Å². The zero-order chi connectivity index (χ0) is 18.7. The van der Waals surface area contributed by atoms with E-state index in [0.717, 1.165) is 42.8 Å². The maximum absolute atomic E-state index is 11.9. The molecule has 1 aromatic carbocycles. The number of methoxy groups -OCH3 is 1. The Balaban J connectivity index is 1.66. The van der Waals surface area contributed by atoms with Crippen molar-refractivity contribution in [2.24, 2.45) is 0 Å². The minimum atomic E-state index is -0.487. The number of anilines is 1. The van der Waals surface area contributed by atoms with Crippen molar-refractivity contribution in [3.05, 3.63) is 24.3 Å². The van der Waals surface area contributed by atoms with Crippen molar-refractivity contribution in [1.29, 1.82) is 0 Å². The highest BCUT2D eigenvalue weighted by molar-refractivity contribution is 5.77. The number of ether oxygens (including phenoxy) is 2. The second-order valence-corrected chi connectivity index (χ2v) is 7.45. The van der Waals surface area contributed by atoms with Gasteiger partial charge >= 0.3 is 6.09 Å². The number of alkyl carbamates (subject to hydrolysis) is 1. The van der Waals surface area contributed by atoms with Crippen LogP contribution in [0.2, 0.25) is 0 Å². The number of carbonyl (C=O) groups is 1. The van der Waals surface area contributed by atoms with Gasteiger partial charge in [-0.25, -0.2) is 14.8 Å².